The van der Waals surface area contributed by atoms with Crippen LogP contribution in [0.3, 0.4) is 0 Å². The van der Waals surface area contributed by atoms with Crippen molar-refractivity contribution in [1.29, 1.82) is 0 Å². The third-order valence-electron chi connectivity index (χ3n) is 5.38. The van der Waals surface area contributed by atoms with Gasteiger partial charge in [-0.3, -0.25) is 0 Å². The maximum atomic E-state index is 14.2. The predicted octanol–water partition coefficient (Wildman–Crippen LogP) is 7.55. The van der Waals surface area contributed by atoms with Crippen molar-refractivity contribution in [3.8, 4) is 27.8 Å². The molecule has 0 saturated heterocycles. The molecule has 4 rings (SSSR count). The molecule has 0 unspecified atom stereocenters. The number of hydrogen-bond acceptors (Lipinski definition) is 6. The molecule has 0 aliphatic carbocycles. The summed E-state index contributed by atoms with van der Waals surface area (Å²) < 4.78 is 69.9. The third-order valence-corrected chi connectivity index (χ3v) is 6.79. The number of carboxylic acid groups (broad SMARTS) is 1. The van der Waals surface area contributed by atoms with Crippen molar-refractivity contribution < 1.29 is 41.7 Å². The van der Waals surface area contributed by atoms with Gasteiger partial charge in [-0.15, -0.1) is 11.3 Å². The molecule has 0 saturated carbocycles. The monoisotopic (exact) mass is 581 g/mol. The number of carbonyl (C=O) groups is 1. The van der Waals surface area contributed by atoms with Gasteiger partial charge in [0.1, 0.15) is 29.7 Å². The summed E-state index contributed by atoms with van der Waals surface area (Å²) >= 11 is 7.25. The topological polar surface area (TPSA) is 77.9 Å². The van der Waals surface area contributed by atoms with Gasteiger partial charge in [-0.1, -0.05) is 29.8 Å². The Morgan fingerprint density at radius 2 is 1.77 bits per heavy atom. The van der Waals surface area contributed by atoms with Crippen molar-refractivity contribution in [2.45, 2.75) is 26.3 Å². The van der Waals surface area contributed by atoms with E-state index < -0.39 is 30.1 Å². The number of benzene rings is 3. The smallest absolute Gasteiger partial charge is 0.416 e. The fourth-order valence-electron chi connectivity index (χ4n) is 3.46. The van der Waals surface area contributed by atoms with Crippen LogP contribution in [0.1, 0.15) is 21.7 Å². The lowest BCUT2D eigenvalue weighted by Crippen LogP contribution is -2.10. The van der Waals surface area contributed by atoms with E-state index in [9.17, 15) is 22.4 Å². The molecule has 0 bridgehead atoms. The van der Waals surface area contributed by atoms with Crippen LogP contribution in [0.4, 0.5) is 17.6 Å². The first-order chi connectivity index (χ1) is 18.5. The number of aliphatic carboxylic acids is 1. The van der Waals surface area contributed by atoms with Gasteiger partial charge in [0, 0.05) is 5.56 Å². The second-order valence-electron chi connectivity index (χ2n) is 8.20. The van der Waals surface area contributed by atoms with Crippen LogP contribution in [-0.4, -0.2) is 22.7 Å². The number of para-hydroxylation sites is 1. The first-order valence-electron chi connectivity index (χ1n) is 11.3. The minimum Gasteiger partial charge on any atom is -0.488 e. The number of nitrogens with zero attached hydrogens (tertiary/aromatic N) is 1. The number of aromatic nitrogens is 1. The summed E-state index contributed by atoms with van der Waals surface area (Å²) in [6.07, 6.45) is -4.47. The minimum atomic E-state index is -4.47. The number of aryl methyl sites for hydroxylation is 1. The van der Waals surface area contributed by atoms with Crippen LogP contribution in [0.5, 0.6) is 17.2 Å². The van der Waals surface area contributed by atoms with E-state index in [4.69, 9.17) is 30.9 Å². The van der Waals surface area contributed by atoms with Crippen LogP contribution in [0.15, 0.2) is 60.7 Å². The Labute approximate surface area is 229 Å². The number of carboxylic acids is 1. The highest BCUT2D eigenvalue weighted by Crippen LogP contribution is 2.35. The van der Waals surface area contributed by atoms with Gasteiger partial charge < -0.3 is 19.3 Å². The van der Waals surface area contributed by atoms with Crippen LogP contribution in [0.25, 0.3) is 10.6 Å². The van der Waals surface area contributed by atoms with Gasteiger partial charge in [0.15, 0.2) is 18.2 Å². The van der Waals surface area contributed by atoms with Crippen molar-refractivity contribution >= 4 is 28.9 Å². The molecule has 0 aliphatic rings. The van der Waals surface area contributed by atoms with Crippen molar-refractivity contribution in [2.24, 2.45) is 0 Å². The first-order valence-corrected chi connectivity index (χ1v) is 12.5. The molecular formula is C27H20ClF4NO5S. The van der Waals surface area contributed by atoms with Crippen LogP contribution < -0.4 is 14.2 Å². The van der Waals surface area contributed by atoms with E-state index in [1.54, 1.807) is 25.1 Å². The number of ether oxygens (including phenoxy) is 3. The Bertz CT molecular complexity index is 1450. The Hall–Kier alpha value is -3.83. The van der Waals surface area contributed by atoms with Crippen LogP contribution in [0, 0.1) is 12.7 Å². The molecule has 6 nitrogen and oxygen atoms in total. The SMILES string of the molecule is Cc1cc(OCc2sc(-c3ccc(C(F)(F)F)cc3)nc2COc2c(F)cccc2Cl)ccc1OCC(=O)O. The number of alkyl halides is 3. The maximum Gasteiger partial charge on any atom is 0.416 e. The highest BCUT2D eigenvalue weighted by molar-refractivity contribution is 7.15. The first kappa shape index (κ1) is 28.2. The third kappa shape index (κ3) is 7.18. The molecule has 1 heterocycles. The van der Waals surface area contributed by atoms with Gasteiger partial charge in [0.05, 0.1) is 21.2 Å². The van der Waals surface area contributed by atoms with Crippen molar-refractivity contribution in [3.05, 3.63) is 93.2 Å². The lowest BCUT2D eigenvalue weighted by molar-refractivity contribution is -0.139. The standard InChI is InChI=1S/C27H20ClF4NO5S/c1-15-11-18(9-10-22(15)37-14-24(34)35)36-13-23-21(12-38-25-19(28)3-2-4-20(25)29)33-26(39-23)16-5-7-17(8-6-16)27(30,31)32/h2-11H,12-14H2,1H3,(H,34,35). The molecule has 1 N–H and O–H groups in total. The highest BCUT2D eigenvalue weighted by atomic mass is 35.5. The lowest BCUT2D eigenvalue weighted by atomic mass is 10.1. The average Bonchev–Trinajstić information content (AvgIpc) is 3.29. The molecule has 39 heavy (non-hydrogen) atoms. The summed E-state index contributed by atoms with van der Waals surface area (Å²) in [6, 6.07) is 13.6. The Kier molecular flexibility index (Phi) is 8.61. The van der Waals surface area contributed by atoms with E-state index in [-0.39, 0.29) is 24.0 Å². The van der Waals surface area contributed by atoms with Crippen molar-refractivity contribution in [3.63, 3.8) is 0 Å². The molecular weight excluding hydrogens is 562 g/mol. The van der Waals surface area contributed by atoms with Crippen molar-refractivity contribution in [2.75, 3.05) is 6.61 Å². The molecule has 0 fully saturated rings. The second kappa shape index (κ2) is 11.9. The Morgan fingerprint density at radius 3 is 2.41 bits per heavy atom. The maximum absolute atomic E-state index is 14.2. The quantitative estimate of drug-likeness (QED) is 0.195. The molecule has 0 amide bonds. The minimum absolute atomic E-state index is 0.0246. The molecule has 0 radical (unpaired) electrons. The normalized spacial score (nSPS) is 11.3. The molecule has 0 aliphatic heterocycles. The van der Waals surface area contributed by atoms with Gasteiger partial charge in [-0.2, -0.15) is 13.2 Å². The summed E-state index contributed by atoms with van der Waals surface area (Å²) in [5, 5.41) is 9.29. The summed E-state index contributed by atoms with van der Waals surface area (Å²) in [4.78, 5) is 15.9. The van der Waals surface area contributed by atoms with Crippen molar-refractivity contribution in [1.82, 2.24) is 4.98 Å². The molecule has 1 aromatic heterocycles. The Morgan fingerprint density at radius 1 is 1.03 bits per heavy atom. The predicted molar refractivity (Wildman–Crippen MR) is 137 cm³/mol. The van der Waals surface area contributed by atoms with Gasteiger partial charge in [0.2, 0.25) is 0 Å². The largest absolute Gasteiger partial charge is 0.488 e. The zero-order valence-electron chi connectivity index (χ0n) is 20.2. The van der Waals surface area contributed by atoms with Gasteiger partial charge in [0.25, 0.3) is 0 Å². The van der Waals surface area contributed by atoms with Crippen LogP contribution in [0.2, 0.25) is 5.02 Å². The summed E-state index contributed by atoms with van der Waals surface area (Å²) in [6.45, 7) is 1.11. The fourth-order valence-corrected chi connectivity index (χ4v) is 4.66. The number of halogens is 5. The molecule has 4 aromatic rings. The summed E-state index contributed by atoms with van der Waals surface area (Å²) in [5.74, 6) is -1.05. The zero-order chi connectivity index (χ0) is 28.2. The van der Waals surface area contributed by atoms with E-state index in [1.807, 2.05) is 0 Å². The number of rotatable bonds is 10. The van der Waals surface area contributed by atoms with Gasteiger partial charge in [-0.05, 0) is 55.0 Å². The summed E-state index contributed by atoms with van der Waals surface area (Å²) in [7, 11) is 0. The summed E-state index contributed by atoms with van der Waals surface area (Å²) in [5.41, 5.74) is 0.726. The Balaban J connectivity index is 1.57. The second-order valence-corrected chi connectivity index (χ2v) is 9.69. The van der Waals surface area contributed by atoms with E-state index in [0.29, 0.717) is 38.2 Å². The number of thiazole rings is 1. The number of hydrogen-bond donors (Lipinski definition) is 1. The van der Waals surface area contributed by atoms with E-state index >= 15 is 0 Å². The zero-order valence-corrected chi connectivity index (χ0v) is 21.8. The van der Waals surface area contributed by atoms with Gasteiger partial charge in [-0.25, -0.2) is 14.2 Å². The molecule has 12 heteroatoms. The fraction of sp³-hybridized carbons (Fsp3) is 0.185. The molecule has 0 spiro atoms. The average molecular weight is 582 g/mol. The van der Waals surface area contributed by atoms with Crippen LogP contribution in [-0.2, 0) is 24.2 Å². The molecule has 204 valence electrons. The van der Waals surface area contributed by atoms with E-state index in [1.165, 1.54) is 41.7 Å². The van der Waals surface area contributed by atoms with Gasteiger partial charge >= 0.3 is 12.1 Å². The van der Waals surface area contributed by atoms with E-state index in [2.05, 4.69) is 4.98 Å². The highest BCUT2D eigenvalue weighted by Gasteiger charge is 2.30. The molecule has 3 aromatic carbocycles. The van der Waals surface area contributed by atoms with Crippen LogP contribution >= 0.6 is 22.9 Å². The van der Waals surface area contributed by atoms with E-state index in [0.717, 1.165) is 12.1 Å². The molecule has 0 atom stereocenters. The lowest BCUT2D eigenvalue weighted by Gasteiger charge is -2.11.